The number of carbonyl (C=O) groups excluding carboxylic acids is 1. The van der Waals surface area contributed by atoms with Crippen LogP contribution >= 0.6 is 0 Å². The lowest BCUT2D eigenvalue weighted by Gasteiger charge is -2.29. The number of amides is 1. The number of hydrogen-bond acceptors (Lipinski definition) is 4. The molecule has 0 aromatic rings. The van der Waals surface area contributed by atoms with E-state index in [9.17, 15) is 4.79 Å². The number of alkyl carbamates (subject to hydrolysis) is 1. The fourth-order valence-corrected chi connectivity index (χ4v) is 2.42. The highest BCUT2D eigenvalue weighted by atomic mass is 16.6. The summed E-state index contributed by atoms with van der Waals surface area (Å²) >= 11 is 0. The van der Waals surface area contributed by atoms with Gasteiger partial charge in [0.15, 0.2) is 0 Å². The lowest BCUT2D eigenvalue weighted by Crippen LogP contribution is -2.48. The average Bonchev–Trinajstić information content (AvgIpc) is 2.41. The second kappa shape index (κ2) is 9.26. The van der Waals surface area contributed by atoms with Crippen molar-refractivity contribution in [2.75, 3.05) is 19.8 Å². The van der Waals surface area contributed by atoms with E-state index in [0.29, 0.717) is 12.6 Å². The lowest BCUT2D eigenvalue weighted by atomic mass is 10.1. The Labute approximate surface area is 129 Å². The molecule has 1 aliphatic heterocycles. The number of unbranched alkanes of at least 4 members (excludes halogenated alkanes) is 1. The zero-order chi connectivity index (χ0) is 15.7. The van der Waals surface area contributed by atoms with Gasteiger partial charge in [-0.1, -0.05) is 19.8 Å². The molecule has 2 unspecified atom stereocenters. The van der Waals surface area contributed by atoms with Gasteiger partial charge < -0.3 is 20.1 Å². The quantitative estimate of drug-likeness (QED) is 0.759. The minimum Gasteiger partial charge on any atom is -0.444 e. The van der Waals surface area contributed by atoms with Crippen LogP contribution in [0.1, 0.15) is 59.8 Å². The van der Waals surface area contributed by atoms with Gasteiger partial charge in [0, 0.05) is 25.2 Å². The maximum Gasteiger partial charge on any atom is 0.407 e. The van der Waals surface area contributed by atoms with E-state index in [2.05, 4.69) is 17.6 Å². The van der Waals surface area contributed by atoms with E-state index in [1.165, 1.54) is 0 Å². The van der Waals surface area contributed by atoms with E-state index in [0.717, 1.165) is 45.3 Å². The normalized spacial score (nSPS) is 20.9. The number of carbonyl (C=O) groups is 1. The van der Waals surface area contributed by atoms with Crippen molar-refractivity contribution in [3.05, 3.63) is 0 Å². The number of hydrogen-bond donors (Lipinski definition) is 2. The predicted octanol–water partition coefficient (Wildman–Crippen LogP) is 2.84. The maximum atomic E-state index is 11.7. The van der Waals surface area contributed by atoms with Crippen LogP contribution in [0.4, 0.5) is 4.79 Å². The Bertz CT molecular complexity index is 296. The molecule has 1 aliphatic rings. The van der Waals surface area contributed by atoms with Crippen LogP contribution in [0, 0.1) is 0 Å². The van der Waals surface area contributed by atoms with Crippen molar-refractivity contribution in [3.8, 4) is 0 Å². The smallest absolute Gasteiger partial charge is 0.407 e. The predicted molar refractivity (Wildman–Crippen MR) is 84.5 cm³/mol. The molecule has 0 aromatic carbocycles. The monoisotopic (exact) mass is 300 g/mol. The highest BCUT2D eigenvalue weighted by Crippen LogP contribution is 2.10. The Morgan fingerprint density at radius 2 is 2.19 bits per heavy atom. The van der Waals surface area contributed by atoms with Gasteiger partial charge in [-0.15, -0.1) is 0 Å². The Morgan fingerprint density at radius 3 is 2.76 bits per heavy atom. The topological polar surface area (TPSA) is 59.6 Å². The molecule has 1 fully saturated rings. The molecule has 2 N–H and O–H groups in total. The average molecular weight is 300 g/mol. The molecule has 2 atom stereocenters. The van der Waals surface area contributed by atoms with Crippen LogP contribution in [-0.4, -0.2) is 43.5 Å². The molecule has 1 rings (SSSR count). The third-order valence-corrected chi connectivity index (χ3v) is 3.43. The molecule has 0 radical (unpaired) electrons. The zero-order valence-corrected chi connectivity index (χ0v) is 14.0. The summed E-state index contributed by atoms with van der Waals surface area (Å²) in [5.74, 6) is 0. The summed E-state index contributed by atoms with van der Waals surface area (Å²) in [5.41, 5.74) is -0.451. The van der Waals surface area contributed by atoms with Crippen molar-refractivity contribution in [1.82, 2.24) is 10.6 Å². The van der Waals surface area contributed by atoms with Gasteiger partial charge in [-0.05, 0) is 40.0 Å². The van der Waals surface area contributed by atoms with Crippen LogP contribution < -0.4 is 10.6 Å². The Morgan fingerprint density at radius 1 is 1.43 bits per heavy atom. The number of ether oxygens (including phenoxy) is 2. The standard InChI is InChI=1S/C16H32N2O3/c1-5-6-8-13(18-14-9-7-10-20-12-14)11-17-15(19)21-16(2,3)4/h13-14,18H,5-12H2,1-4H3,(H,17,19). The van der Waals surface area contributed by atoms with E-state index < -0.39 is 5.60 Å². The lowest BCUT2D eigenvalue weighted by molar-refractivity contribution is 0.0505. The van der Waals surface area contributed by atoms with Gasteiger partial charge in [-0.2, -0.15) is 0 Å². The first kappa shape index (κ1) is 18.2. The highest BCUT2D eigenvalue weighted by molar-refractivity contribution is 5.67. The summed E-state index contributed by atoms with van der Waals surface area (Å²) in [6, 6.07) is 0.685. The fourth-order valence-electron chi connectivity index (χ4n) is 2.42. The van der Waals surface area contributed by atoms with Crippen molar-refractivity contribution in [3.63, 3.8) is 0 Å². The van der Waals surface area contributed by atoms with Crippen LogP contribution in [0.15, 0.2) is 0 Å². The van der Waals surface area contributed by atoms with Gasteiger partial charge in [-0.25, -0.2) is 4.79 Å². The maximum absolute atomic E-state index is 11.7. The van der Waals surface area contributed by atoms with Crippen LogP contribution in [0.2, 0.25) is 0 Å². The minimum atomic E-state index is -0.451. The molecule has 0 bridgehead atoms. The molecule has 0 spiro atoms. The Balaban J connectivity index is 2.36. The molecule has 0 saturated carbocycles. The summed E-state index contributed by atoms with van der Waals surface area (Å²) in [6.45, 7) is 10.0. The number of rotatable bonds is 7. The molecule has 21 heavy (non-hydrogen) atoms. The van der Waals surface area contributed by atoms with Crippen LogP contribution in [0.5, 0.6) is 0 Å². The summed E-state index contributed by atoms with van der Waals surface area (Å²) in [5, 5.41) is 6.49. The molecule has 1 amide bonds. The summed E-state index contributed by atoms with van der Waals surface area (Å²) in [7, 11) is 0. The Kier molecular flexibility index (Phi) is 8.04. The van der Waals surface area contributed by atoms with Crippen molar-refractivity contribution < 1.29 is 14.3 Å². The van der Waals surface area contributed by atoms with E-state index in [1.807, 2.05) is 20.8 Å². The second-order valence-corrected chi connectivity index (χ2v) is 6.80. The van der Waals surface area contributed by atoms with Crippen LogP contribution in [0.25, 0.3) is 0 Å². The first-order valence-electron chi connectivity index (χ1n) is 8.21. The van der Waals surface area contributed by atoms with Crippen molar-refractivity contribution in [1.29, 1.82) is 0 Å². The minimum absolute atomic E-state index is 0.282. The van der Waals surface area contributed by atoms with Gasteiger partial charge in [0.2, 0.25) is 0 Å². The van der Waals surface area contributed by atoms with Crippen molar-refractivity contribution in [2.24, 2.45) is 0 Å². The largest absolute Gasteiger partial charge is 0.444 e. The van der Waals surface area contributed by atoms with E-state index in [1.54, 1.807) is 0 Å². The van der Waals surface area contributed by atoms with Crippen LogP contribution in [0.3, 0.4) is 0 Å². The van der Waals surface area contributed by atoms with Gasteiger partial charge in [-0.3, -0.25) is 0 Å². The van der Waals surface area contributed by atoms with E-state index >= 15 is 0 Å². The fraction of sp³-hybridized carbons (Fsp3) is 0.938. The van der Waals surface area contributed by atoms with E-state index in [-0.39, 0.29) is 12.1 Å². The van der Waals surface area contributed by atoms with Crippen LogP contribution in [-0.2, 0) is 9.47 Å². The molecule has 1 saturated heterocycles. The molecule has 5 heteroatoms. The van der Waals surface area contributed by atoms with Gasteiger partial charge in [0.1, 0.15) is 5.60 Å². The summed E-state index contributed by atoms with van der Waals surface area (Å²) in [6.07, 6.45) is 5.29. The molecule has 1 heterocycles. The SMILES string of the molecule is CCCCC(CNC(=O)OC(C)(C)C)NC1CCCOC1. The van der Waals surface area contributed by atoms with Gasteiger partial charge >= 0.3 is 6.09 Å². The van der Waals surface area contributed by atoms with Crippen molar-refractivity contribution in [2.45, 2.75) is 77.5 Å². The molecule has 0 aromatic heterocycles. The Hall–Kier alpha value is -0.810. The third kappa shape index (κ3) is 8.94. The molecule has 5 nitrogen and oxygen atoms in total. The second-order valence-electron chi connectivity index (χ2n) is 6.80. The third-order valence-electron chi connectivity index (χ3n) is 3.43. The van der Waals surface area contributed by atoms with E-state index in [4.69, 9.17) is 9.47 Å². The zero-order valence-electron chi connectivity index (χ0n) is 14.0. The van der Waals surface area contributed by atoms with Gasteiger partial charge in [0.25, 0.3) is 0 Å². The molecule has 124 valence electrons. The van der Waals surface area contributed by atoms with Crippen molar-refractivity contribution >= 4 is 6.09 Å². The molecular weight excluding hydrogens is 268 g/mol. The molecule has 0 aliphatic carbocycles. The highest BCUT2D eigenvalue weighted by Gasteiger charge is 2.20. The first-order valence-corrected chi connectivity index (χ1v) is 8.21. The number of nitrogens with one attached hydrogen (secondary N) is 2. The summed E-state index contributed by atoms with van der Waals surface area (Å²) < 4.78 is 10.8. The first-order chi connectivity index (χ1) is 9.90. The van der Waals surface area contributed by atoms with Gasteiger partial charge in [0.05, 0.1) is 6.61 Å². The summed E-state index contributed by atoms with van der Waals surface area (Å²) in [4.78, 5) is 11.7. The molecular formula is C16H32N2O3.